The number of nitrogens with zero attached hydrogens (tertiary/aromatic N) is 1. The van der Waals surface area contributed by atoms with E-state index in [0.29, 0.717) is 31.3 Å². The number of amides is 1. The number of aliphatic hydroxyl groups is 1. The fourth-order valence-electron chi connectivity index (χ4n) is 4.26. The van der Waals surface area contributed by atoms with Crippen molar-refractivity contribution < 1.29 is 14.6 Å². The first kappa shape index (κ1) is 19.2. The normalized spacial score (nSPS) is 26.3. The molecule has 5 nitrogen and oxygen atoms in total. The first-order chi connectivity index (χ1) is 12.5. The molecule has 0 radical (unpaired) electrons. The van der Waals surface area contributed by atoms with E-state index < -0.39 is 5.60 Å². The summed E-state index contributed by atoms with van der Waals surface area (Å²) in [6.45, 7) is 4.13. The van der Waals surface area contributed by atoms with E-state index in [9.17, 15) is 9.90 Å². The second-order valence-corrected chi connectivity index (χ2v) is 7.97. The summed E-state index contributed by atoms with van der Waals surface area (Å²) in [5.74, 6) is 1.50. The number of ether oxygens (including phenoxy) is 1. The second-order valence-electron chi connectivity index (χ2n) is 7.97. The van der Waals surface area contributed by atoms with Gasteiger partial charge in [0.05, 0.1) is 19.3 Å². The number of nitrogens with one attached hydrogen (secondary N) is 1. The number of benzene rings is 1. The van der Waals surface area contributed by atoms with Crippen molar-refractivity contribution in [3.63, 3.8) is 0 Å². The Morgan fingerprint density at radius 1 is 1.23 bits per heavy atom. The molecule has 144 valence electrons. The van der Waals surface area contributed by atoms with E-state index in [1.54, 1.807) is 7.11 Å². The van der Waals surface area contributed by atoms with Gasteiger partial charge in [-0.25, -0.2) is 0 Å². The number of likely N-dealkylation sites (tertiary alicyclic amines) is 1. The number of piperidine rings is 1. The third kappa shape index (κ3) is 4.57. The lowest BCUT2D eigenvalue weighted by Crippen LogP contribution is -2.49. The Labute approximate surface area is 156 Å². The third-order valence-corrected chi connectivity index (χ3v) is 6.14. The van der Waals surface area contributed by atoms with Crippen molar-refractivity contribution in [1.29, 1.82) is 0 Å². The van der Waals surface area contributed by atoms with Crippen LogP contribution in [0.15, 0.2) is 24.3 Å². The number of rotatable bonds is 5. The van der Waals surface area contributed by atoms with E-state index in [0.717, 1.165) is 30.8 Å². The predicted molar refractivity (Wildman–Crippen MR) is 102 cm³/mol. The van der Waals surface area contributed by atoms with Gasteiger partial charge in [0.25, 0.3) is 0 Å². The molecule has 2 atom stereocenters. The maximum atomic E-state index is 12.4. The molecule has 1 aliphatic carbocycles. The Balaban J connectivity index is 1.48. The molecule has 1 aromatic carbocycles. The highest BCUT2D eigenvalue weighted by atomic mass is 16.5. The van der Waals surface area contributed by atoms with Crippen molar-refractivity contribution in [2.24, 2.45) is 5.92 Å². The summed E-state index contributed by atoms with van der Waals surface area (Å²) in [4.78, 5) is 14.6. The fourth-order valence-corrected chi connectivity index (χ4v) is 4.26. The van der Waals surface area contributed by atoms with Crippen molar-refractivity contribution in [3.8, 4) is 5.75 Å². The van der Waals surface area contributed by atoms with Gasteiger partial charge in [0.15, 0.2) is 0 Å². The number of hydrogen-bond donors (Lipinski definition) is 2. The first-order valence-electron chi connectivity index (χ1n) is 9.89. The van der Waals surface area contributed by atoms with Gasteiger partial charge in [0.2, 0.25) is 5.91 Å². The van der Waals surface area contributed by atoms with Gasteiger partial charge in [0.1, 0.15) is 5.75 Å². The van der Waals surface area contributed by atoms with Gasteiger partial charge in [-0.1, -0.05) is 31.9 Å². The van der Waals surface area contributed by atoms with E-state index in [4.69, 9.17) is 4.74 Å². The van der Waals surface area contributed by atoms with Crippen molar-refractivity contribution in [3.05, 3.63) is 29.8 Å². The molecule has 0 unspecified atom stereocenters. The molecule has 5 heteroatoms. The minimum absolute atomic E-state index is 0.124. The topological polar surface area (TPSA) is 61.8 Å². The maximum absolute atomic E-state index is 12.4. The van der Waals surface area contributed by atoms with Crippen molar-refractivity contribution in [1.82, 2.24) is 10.2 Å². The highest BCUT2D eigenvalue weighted by Gasteiger charge is 2.34. The minimum atomic E-state index is -0.808. The molecule has 2 aliphatic rings. The molecule has 2 N–H and O–H groups in total. The number of carbonyl (C=O) groups excluding carboxylic acids is 1. The minimum Gasteiger partial charge on any atom is -0.497 e. The monoisotopic (exact) mass is 360 g/mol. The molecule has 2 fully saturated rings. The molecule has 1 aromatic rings. The Kier molecular flexibility index (Phi) is 6.20. The Morgan fingerprint density at radius 3 is 2.50 bits per heavy atom. The first-order valence-corrected chi connectivity index (χ1v) is 9.89. The van der Waals surface area contributed by atoms with Crippen molar-refractivity contribution in [2.75, 3.05) is 26.7 Å². The van der Waals surface area contributed by atoms with E-state index >= 15 is 0 Å². The van der Waals surface area contributed by atoms with Gasteiger partial charge >= 0.3 is 0 Å². The van der Waals surface area contributed by atoms with Crippen molar-refractivity contribution in [2.45, 2.75) is 57.1 Å². The molecule has 0 aromatic heterocycles. The standard InChI is InChI=1S/C21H32N2O3/c1-16-5-3-4-6-19(16)22-20(24)15-23-13-11-21(25,12-14-23)17-7-9-18(26-2)10-8-17/h7-10,16,19,25H,3-6,11-15H2,1-2H3,(H,22,24)/t16-,19+/m1/s1. The molecule has 1 aliphatic heterocycles. The van der Waals surface area contributed by atoms with Crippen LogP contribution in [0.3, 0.4) is 0 Å². The lowest BCUT2D eigenvalue weighted by molar-refractivity contribution is -0.124. The summed E-state index contributed by atoms with van der Waals surface area (Å²) in [6.07, 6.45) is 6.10. The average molecular weight is 360 g/mol. The lowest BCUT2D eigenvalue weighted by Gasteiger charge is -2.38. The van der Waals surface area contributed by atoms with Crippen LogP contribution in [0.4, 0.5) is 0 Å². The molecule has 26 heavy (non-hydrogen) atoms. The average Bonchev–Trinajstić information content (AvgIpc) is 2.66. The molecule has 0 spiro atoms. The SMILES string of the molecule is COc1ccc(C2(O)CCN(CC(=O)N[C@H]3CCCC[C@H]3C)CC2)cc1. The lowest BCUT2D eigenvalue weighted by atomic mass is 9.84. The zero-order valence-corrected chi connectivity index (χ0v) is 16.0. The Bertz CT molecular complexity index is 594. The molecular formula is C21H32N2O3. The van der Waals surface area contributed by atoms with Gasteiger partial charge in [0, 0.05) is 19.1 Å². The van der Waals surface area contributed by atoms with E-state index in [2.05, 4.69) is 17.1 Å². The number of hydrogen-bond acceptors (Lipinski definition) is 4. The summed E-state index contributed by atoms with van der Waals surface area (Å²) in [7, 11) is 1.64. The molecular weight excluding hydrogens is 328 g/mol. The Morgan fingerprint density at radius 2 is 1.88 bits per heavy atom. The quantitative estimate of drug-likeness (QED) is 0.847. The van der Waals surface area contributed by atoms with Crippen LogP contribution in [0.1, 0.15) is 51.0 Å². The van der Waals surface area contributed by atoms with Gasteiger partial charge in [-0.2, -0.15) is 0 Å². The van der Waals surface area contributed by atoms with E-state index in [-0.39, 0.29) is 5.91 Å². The van der Waals surface area contributed by atoms with Gasteiger partial charge in [-0.3, -0.25) is 9.69 Å². The van der Waals surface area contributed by atoms with Gasteiger partial charge in [-0.05, 0) is 49.3 Å². The summed E-state index contributed by atoms with van der Waals surface area (Å²) in [5, 5.41) is 14.2. The van der Waals surface area contributed by atoms with Crippen LogP contribution in [0, 0.1) is 5.92 Å². The van der Waals surface area contributed by atoms with Crippen LogP contribution in [0.5, 0.6) is 5.75 Å². The second kappa shape index (κ2) is 8.40. The van der Waals surface area contributed by atoms with E-state index in [1.165, 1.54) is 19.3 Å². The molecule has 1 heterocycles. The van der Waals surface area contributed by atoms with Gasteiger partial charge in [-0.15, -0.1) is 0 Å². The zero-order chi connectivity index (χ0) is 18.6. The van der Waals surface area contributed by atoms with Crippen LogP contribution in [-0.4, -0.2) is 48.7 Å². The van der Waals surface area contributed by atoms with Crippen LogP contribution in [0.2, 0.25) is 0 Å². The molecule has 1 amide bonds. The van der Waals surface area contributed by atoms with Gasteiger partial charge < -0.3 is 15.2 Å². The van der Waals surface area contributed by atoms with Crippen LogP contribution in [-0.2, 0) is 10.4 Å². The third-order valence-electron chi connectivity index (χ3n) is 6.14. The summed E-state index contributed by atoms with van der Waals surface area (Å²) in [6, 6.07) is 7.98. The molecule has 0 bridgehead atoms. The molecule has 1 saturated heterocycles. The summed E-state index contributed by atoms with van der Waals surface area (Å²) >= 11 is 0. The summed E-state index contributed by atoms with van der Waals surface area (Å²) in [5.41, 5.74) is 0.121. The smallest absolute Gasteiger partial charge is 0.234 e. The van der Waals surface area contributed by atoms with Crippen LogP contribution < -0.4 is 10.1 Å². The maximum Gasteiger partial charge on any atom is 0.234 e. The molecule has 1 saturated carbocycles. The largest absolute Gasteiger partial charge is 0.497 e. The van der Waals surface area contributed by atoms with Crippen molar-refractivity contribution >= 4 is 5.91 Å². The predicted octanol–water partition coefficient (Wildman–Crippen LogP) is 2.67. The Hall–Kier alpha value is -1.59. The molecule has 3 rings (SSSR count). The summed E-state index contributed by atoms with van der Waals surface area (Å²) < 4.78 is 5.19. The van der Waals surface area contributed by atoms with Crippen LogP contribution in [0.25, 0.3) is 0 Å². The highest BCUT2D eigenvalue weighted by Crippen LogP contribution is 2.33. The number of methoxy groups -OCH3 is 1. The van der Waals surface area contributed by atoms with Crippen LogP contribution >= 0.6 is 0 Å². The number of carbonyl (C=O) groups is 1. The highest BCUT2D eigenvalue weighted by molar-refractivity contribution is 5.78. The zero-order valence-electron chi connectivity index (χ0n) is 16.0. The van der Waals surface area contributed by atoms with E-state index in [1.807, 2.05) is 24.3 Å². The fraction of sp³-hybridized carbons (Fsp3) is 0.667.